The van der Waals surface area contributed by atoms with Crippen LogP contribution in [0.2, 0.25) is 0 Å². The Morgan fingerprint density at radius 2 is 1.82 bits per heavy atom. The molecule has 1 heteroatoms. The normalized spacial score (nSPS) is 54.5. The second kappa shape index (κ2) is 2.01. The molecule has 2 saturated carbocycles. The summed E-state index contributed by atoms with van der Waals surface area (Å²) in [5.74, 6) is 2.26. The molecule has 3 atom stereocenters. The van der Waals surface area contributed by atoms with Crippen LogP contribution in [-0.4, -0.2) is 13.1 Å². The maximum Gasteiger partial charge on any atom is -0.00461 e. The largest absolute Gasteiger partial charge is 0.317 e. The number of hydrogen-bond acceptors (Lipinski definition) is 1. The molecule has 0 aromatic carbocycles. The predicted molar refractivity (Wildman–Crippen MR) is 45.4 cm³/mol. The molecule has 0 aromatic heterocycles. The van der Waals surface area contributed by atoms with Gasteiger partial charge in [-0.1, -0.05) is 0 Å². The highest BCUT2D eigenvalue weighted by molar-refractivity contribution is 5.12. The predicted octanol–water partition coefficient (Wildman–Crippen LogP) is 1.79. The van der Waals surface area contributed by atoms with Gasteiger partial charge < -0.3 is 5.32 Å². The van der Waals surface area contributed by atoms with Crippen molar-refractivity contribution in [3.63, 3.8) is 0 Å². The van der Waals surface area contributed by atoms with Gasteiger partial charge in [-0.25, -0.2) is 0 Å². The topological polar surface area (TPSA) is 12.0 Å². The highest BCUT2D eigenvalue weighted by Gasteiger charge is 2.62. The standard InChI is InChI=1S/C10H17N/c1-4-10-7-9(10)3-6-11-5-2-8(1)10/h8-9,11H,1-7H2. The fourth-order valence-electron chi connectivity index (χ4n) is 3.42. The highest BCUT2D eigenvalue weighted by Crippen LogP contribution is 2.70. The average Bonchev–Trinajstić information content (AvgIpc) is 2.69. The van der Waals surface area contributed by atoms with E-state index in [1.807, 2.05) is 0 Å². The van der Waals surface area contributed by atoms with Crippen LogP contribution in [0.5, 0.6) is 0 Å². The summed E-state index contributed by atoms with van der Waals surface area (Å²) in [6.45, 7) is 2.58. The van der Waals surface area contributed by atoms with Gasteiger partial charge in [-0.2, -0.15) is 0 Å². The van der Waals surface area contributed by atoms with E-state index in [-0.39, 0.29) is 0 Å². The molecule has 3 aliphatic rings. The molecule has 3 unspecified atom stereocenters. The summed E-state index contributed by atoms with van der Waals surface area (Å²) in [7, 11) is 0. The van der Waals surface area contributed by atoms with Crippen molar-refractivity contribution in [2.75, 3.05) is 13.1 Å². The molecule has 1 aliphatic heterocycles. The molecule has 1 nitrogen and oxygen atoms in total. The monoisotopic (exact) mass is 151 g/mol. The third-order valence-electron chi connectivity index (χ3n) is 4.39. The lowest BCUT2D eigenvalue weighted by Gasteiger charge is -2.40. The van der Waals surface area contributed by atoms with Gasteiger partial charge in [0.2, 0.25) is 0 Å². The first-order chi connectivity index (χ1) is 5.42. The van der Waals surface area contributed by atoms with E-state index in [9.17, 15) is 0 Å². The molecular weight excluding hydrogens is 134 g/mol. The second-order valence-corrected chi connectivity index (χ2v) is 4.70. The SMILES string of the molecule is C1CC2CCC23CC3CCN1. The van der Waals surface area contributed by atoms with Gasteiger partial charge in [0.1, 0.15) is 0 Å². The smallest absolute Gasteiger partial charge is 0.00461 e. The third-order valence-corrected chi connectivity index (χ3v) is 4.39. The second-order valence-electron chi connectivity index (χ2n) is 4.70. The van der Waals surface area contributed by atoms with Gasteiger partial charge in [0.15, 0.2) is 0 Å². The lowest BCUT2D eigenvalue weighted by atomic mass is 9.66. The Balaban J connectivity index is 1.75. The molecule has 3 rings (SSSR count). The van der Waals surface area contributed by atoms with E-state index in [4.69, 9.17) is 0 Å². The summed E-state index contributed by atoms with van der Waals surface area (Å²) < 4.78 is 0. The summed E-state index contributed by atoms with van der Waals surface area (Å²) in [5.41, 5.74) is 0.919. The summed E-state index contributed by atoms with van der Waals surface area (Å²) in [6, 6.07) is 0. The van der Waals surface area contributed by atoms with E-state index in [0.29, 0.717) is 0 Å². The van der Waals surface area contributed by atoms with Crippen molar-refractivity contribution in [2.45, 2.75) is 32.1 Å². The van der Waals surface area contributed by atoms with Crippen molar-refractivity contribution in [1.82, 2.24) is 5.32 Å². The van der Waals surface area contributed by atoms with Gasteiger partial charge in [-0.15, -0.1) is 0 Å². The fourth-order valence-corrected chi connectivity index (χ4v) is 3.42. The number of hydrogen-bond donors (Lipinski definition) is 1. The molecule has 0 aromatic rings. The number of nitrogens with one attached hydrogen (secondary N) is 1. The molecule has 2 aliphatic carbocycles. The Bertz CT molecular complexity index is 176. The van der Waals surface area contributed by atoms with Crippen LogP contribution in [-0.2, 0) is 0 Å². The van der Waals surface area contributed by atoms with Crippen molar-refractivity contribution in [3.8, 4) is 0 Å². The Hall–Kier alpha value is -0.0400. The first kappa shape index (κ1) is 6.47. The van der Waals surface area contributed by atoms with Crippen LogP contribution in [0.4, 0.5) is 0 Å². The summed E-state index contributed by atoms with van der Waals surface area (Å²) in [5, 5.41) is 3.53. The van der Waals surface area contributed by atoms with Crippen molar-refractivity contribution >= 4 is 0 Å². The molecule has 3 fully saturated rings. The van der Waals surface area contributed by atoms with Gasteiger partial charge in [0, 0.05) is 0 Å². The zero-order chi connectivity index (χ0) is 7.31. The molecule has 1 spiro atoms. The molecule has 0 amide bonds. The summed E-state index contributed by atoms with van der Waals surface area (Å²) in [6.07, 6.45) is 7.63. The van der Waals surface area contributed by atoms with Crippen LogP contribution < -0.4 is 5.32 Å². The van der Waals surface area contributed by atoms with Gasteiger partial charge in [-0.3, -0.25) is 0 Å². The van der Waals surface area contributed by atoms with Crippen molar-refractivity contribution < 1.29 is 0 Å². The summed E-state index contributed by atoms with van der Waals surface area (Å²) >= 11 is 0. The van der Waals surface area contributed by atoms with E-state index in [1.54, 1.807) is 12.8 Å². The van der Waals surface area contributed by atoms with E-state index >= 15 is 0 Å². The first-order valence-corrected chi connectivity index (χ1v) is 5.12. The minimum Gasteiger partial charge on any atom is -0.317 e. The zero-order valence-corrected chi connectivity index (χ0v) is 7.10. The van der Waals surface area contributed by atoms with E-state index in [1.165, 1.54) is 32.4 Å². The van der Waals surface area contributed by atoms with E-state index < -0.39 is 0 Å². The summed E-state index contributed by atoms with van der Waals surface area (Å²) in [4.78, 5) is 0. The van der Waals surface area contributed by atoms with Crippen molar-refractivity contribution in [1.29, 1.82) is 0 Å². The Morgan fingerprint density at radius 1 is 1.00 bits per heavy atom. The van der Waals surface area contributed by atoms with Crippen LogP contribution in [0.15, 0.2) is 0 Å². The molecule has 0 bridgehead atoms. The lowest BCUT2D eigenvalue weighted by molar-refractivity contribution is 0.109. The molecule has 0 radical (unpaired) electrons. The van der Waals surface area contributed by atoms with Crippen LogP contribution >= 0.6 is 0 Å². The fraction of sp³-hybridized carbons (Fsp3) is 1.00. The minimum absolute atomic E-state index is 0.919. The van der Waals surface area contributed by atoms with Gasteiger partial charge in [0.05, 0.1) is 0 Å². The minimum atomic E-state index is 0.919. The first-order valence-electron chi connectivity index (χ1n) is 5.12. The lowest BCUT2D eigenvalue weighted by Crippen LogP contribution is -2.35. The van der Waals surface area contributed by atoms with Gasteiger partial charge in [0.25, 0.3) is 0 Å². The van der Waals surface area contributed by atoms with Crippen LogP contribution in [0.3, 0.4) is 0 Å². The van der Waals surface area contributed by atoms with Crippen LogP contribution in [0, 0.1) is 17.3 Å². The Kier molecular flexibility index (Phi) is 1.18. The maximum atomic E-state index is 3.53. The molecular formula is C10H17N. The zero-order valence-electron chi connectivity index (χ0n) is 7.10. The molecule has 1 saturated heterocycles. The molecule has 1 N–H and O–H groups in total. The molecule has 11 heavy (non-hydrogen) atoms. The highest BCUT2D eigenvalue weighted by atomic mass is 14.9. The van der Waals surface area contributed by atoms with Gasteiger partial charge in [-0.05, 0) is 62.4 Å². The quantitative estimate of drug-likeness (QED) is 0.556. The van der Waals surface area contributed by atoms with Crippen LogP contribution in [0.1, 0.15) is 32.1 Å². The third kappa shape index (κ3) is 0.752. The van der Waals surface area contributed by atoms with Crippen molar-refractivity contribution in [3.05, 3.63) is 0 Å². The molecule has 1 heterocycles. The number of rotatable bonds is 0. The van der Waals surface area contributed by atoms with E-state index in [2.05, 4.69) is 5.32 Å². The Morgan fingerprint density at radius 3 is 2.55 bits per heavy atom. The average molecular weight is 151 g/mol. The van der Waals surface area contributed by atoms with Gasteiger partial charge >= 0.3 is 0 Å². The van der Waals surface area contributed by atoms with Crippen LogP contribution in [0.25, 0.3) is 0 Å². The maximum absolute atomic E-state index is 3.53. The molecule has 62 valence electrons. The van der Waals surface area contributed by atoms with Crippen molar-refractivity contribution in [2.24, 2.45) is 17.3 Å². The Labute approximate surface area is 68.6 Å². The van der Waals surface area contributed by atoms with E-state index in [0.717, 1.165) is 17.3 Å².